The number of anilines is 1. The normalized spacial score (nSPS) is 12.4. The van der Waals surface area contributed by atoms with Crippen LogP contribution in [-0.2, 0) is 0 Å². The summed E-state index contributed by atoms with van der Waals surface area (Å²) in [4.78, 5) is 4.38. The number of thioether (sulfide) groups is 1. The number of rotatable bonds is 7. The van der Waals surface area contributed by atoms with Crippen molar-refractivity contribution in [3.8, 4) is 0 Å². The topological polar surface area (TPSA) is 65.4 Å². The molecule has 0 spiro atoms. The monoisotopic (exact) mass is 242 g/mol. The molecule has 0 aromatic carbocycles. The zero-order valence-electron chi connectivity index (χ0n) is 9.39. The molecular formula is C11H18N2O2S. The van der Waals surface area contributed by atoms with Gasteiger partial charge in [-0.3, -0.25) is 0 Å². The molecule has 0 bridgehead atoms. The lowest BCUT2D eigenvalue weighted by Crippen LogP contribution is -2.14. The van der Waals surface area contributed by atoms with Crippen molar-refractivity contribution in [1.82, 2.24) is 4.98 Å². The Morgan fingerprint density at radius 1 is 1.50 bits per heavy atom. The van der Waals surface area contributed by atoms with E-state index < -0.39 is 6.10 Å². The molecule has 0 aliphatic carbocycles. The van der Waals surface area contributed by atoms with Gasteiger partial charge in [0.15, 0.2) is 0 Å². The van der Waals surface area contributed by atoms with Gasteiger partial charge in [0.05, 0.1) is 17.7 Å². The largest absolute Gasteiger partial charge is 0.394 e. The highest BCUT2D eigenvalue weighted by molar-refractivity contribution is 7.99. The first-order chi connectivity index (χ1) is 7.76. The van der Waals surface area contributed by atoms with Crippen LogP contribution in [0.5, 0.6) is 0 Å². The average molecular weight is 242 g/mol. The highest BCUT2D eigenvalue weighted by Gasteiger charge is 2.04. The molecule has 0 saturated carbocycles. The van der Waals surface area contributed by atoms with Crippen molar-refractivity contribution in [1.29, 1.82) is 0 Å². The van der Waals surface area contributed by atoms with Crippen LogP contribution in [0.3, 0.4) is 0 Å². The van der Waals surface area contributed by atoms with E-state index >= 15 is 0 Å². The molecule has 4 nitrogen and oxygen atoms in total. The van der Waals surface area contributed by atoms with Gasteiger partial charge in [-0.25, -0.2) is 4.98 Å². The first kappa shape index (κ1) is 13.3. The van der Waals surface area contributed by atoms with Crippen LogP contribution >= 0.6 is 11.8 Å². The number of pyridine rings is 1. The van der Waals surface area contributed by atoms with Crippen LogP contribution in [0.4, 0.5) is 5.82 Å². The molecule has 5 heteroatoms. The third kappa shape index (κ3) is 4.83. The Morgan fingerprint density at radius 3 is 3.00 bits per heavy atom. The number of aliphatic hydroxyl groups excluding tert-OH is 2. The van der Waals surface area contributed by atoms with Gasteiger partial charge in [-0.05, 0) is 18.6 Å². The van der Waals surface area contributed by atoms with Gasteiger partial charge < -0.3 is 15.5 Å². The molecule has 0 amide bonds. The lowest BCUT2D eigenvalue weighted by atomic mass is 10.4. The second kappa shape index (κ2) is 7.49. The molecule has 0 saturated heterocycles. The fourth-order valence-corrected chi connectivity index (χ4v) is 1.89. The fourth-order valence-electron chi connectivity index (χ4n) is 1.08. The van der Waals surface area contributed by atoms with Crippen LogP contribution < -0.4 is 5.32 Å². The molecule has 1 unspecified atom stereocenters. The van der Waals surface area contributed by atoms with Gasteiger partial charge in [-0.15, -0.1) is 11.8 Å². The van der Waals surface area contributed by atoms with Gasteiger partial charge >= 0.3 is 0 Å². The van der Waals surface area contributed by atoms with E-state index in [-0.39, 0.29) is 6.61 Å². The smallest absolute Gasteiger partial charge is 0.127 e. The standard InChI is InChI=1S/C11H18N2O2S/c1-2-6-12-10-4-3-5-11(13-10)16-8-9(15)7-14/h3-5,9,14-15H,2,6-8H2,1H3,(H,12,13). The molecule has 1 aromatic heterocycles. The zero-order chi connectivity index (χ0) is 11.8. The van der Waals surface area contributed by atoms with E-state index in [1.54, 1.807) is 0 Å². The lowest BCUT2D eigenvalue weighted by Gasteiger charge is -2.08. The number of aromatic nitrogens is 1. The summed E-state index contributed by atoms with van der Waals surface area (Å²) >= 11 is 1.44. The fraction of sp³-hybridized carbons (Fsp3) is 0.545. The predicted octanol–water partition coefficient (Wildman–Crippen LogP) is 1.35. The third-order valence-electron chi connectivity index (χ3n) is 1.91. The summed E-state index contributed by atoms with van der Waals surface area (Å²) < 4.78 is 0. The van der Waals surface area contributed by atoms with Crippen molar-refractivity contribution in [2.24, 2.45) is 0 Å². The van der Waals surface area contributed by atoms with Crippen molar-refractivity contribution in [3.63, 3.8) is 0 Å². The zero-order valence-corrected chi connectivity index (χ0v) is 10.2. The SMILES string of the molecule is CCCNc1cccc(SCC(O)CO)n1. The quantitative estimate of drug-likeness (QED) is 0.630. The van der Waals surface area contributed by atoms with E-state index in [1.165, 1.54) is 11.8 Å². The van der Waals surface area contributed by atoms with Gasteiger partial charge in [0, 0.05) is 12.3 Å². The molecule has 0 aliphatic heterocycles. The Kier molecular flexibility index (Phi) is 6.22. The summed E-state index contributed by atoms with van der Waals surface area (Å²) in [5, 5.41) is 22.0. The minimum atomic E-state index is -0.681. The Morgan fingerprint density at radius 2 is 2.31 bits per heavy atom. The molecule has 0 radical (unpaired) electrons. The second-order valence-electron chi connectivity index (χ2n) is 3.44. The van der Waals surface area contributed by atoms with Crippen LogP contribution in [0.2, 0.25) is 0 Å². The maximum absolute atomic E-state index is 9.22. The van der Waals surface area contributed by atoms with E-state index in [4.69, 9.17) is 5.11 Å². The van der Waals surface area contributed by atoms with Crippen LogP contribution in [0.25, 0.3) is 0 Å². The first-order valence-electron chi connectivity index (χ1n) is 5.39. The molecule has 16 heavy (non-hydrogen) atoms. The number of nitrogens with zero attached hydrogens (tertiary/aromatic N) is 1. The van der Waals surface area contributed by atoms with E-state index in [0.29, 0.717) is 5.75 Å². The van der Waals surface area contributed by atoms with Crippen molar-refractivity contribution in [2.75, 3.05) is 24.2 Å². The van der Waals surface area contributed by atoms with Gasteiger partial charge in [-0.1, -0.05) is 13.0 Å². The highest BCUT2D eigenvalue weighted by Crippen LogP contribution is 2.18. The molecule has 0 aliphatic rings. The van der Waals surface area contributed by atoms with E-state index in [9.17, 15) is 5.11 Å². The minimum Gasteiger partial charge on any atom is -0.394 e. The van der Waals surface area contributed by atoms with Crippen LogP contribution in [0, 0.1) is 0 Å². The minimum absolute atomic E-state index is 0.208. The molecule has 90 valence electrons. The summed E-state index contributed by atoms with van der Waals surface area (Å²) in [6, 6.07) is 5.74. The third-order valence-corrected chi connectivity index (χ3v) is 2.99. The Bertz CT molecular complexity index is 310. The summed E-state index contributed by atoms with van der Waals surface area (Å²) in [5.41, 5.74) is 0. The van der Waals surface area contributed by atoms with Crippen molar-refractivity contribution in [2.45, 2.75) is 24.5 Å². The van der Waals surface area contributed by atoms with Crippen molar-refractivity contribution >= 4 is 17.6 Å². The maximum atomic E-state index is 9.22. The number of hydrogen-bond acceptors (Lipinski definition) is 5. The molecule has 0 fully saturated rings. The van der Waals surface area contributed by atoms with E-state index in [0.717, 1.165) is 23.8 Å². The van der Waals surface area contributed by atoms with Gasteiger partial charge in [0.1, 0.15) is 5.82 Å². The van der Waals surface area contributed by atoms with Crippen LogP contribution in [0.1, 0.15) is 13.3 Å². The predicted molar refractivity (Wildman–Crippen MR) is 66.8 cm³/mol. The van der Waals surface area contributed by atoms with Gasteiger partial charge in [-0.2, -0.15) is 0 Å². The summed E-state index contributed by atoms with van der Waals surface area (Å²) in [6.07, 6.45) is 0.376. The number of aliphatic hydroxyl groups is 2. The van der Waals surface area contributed by atoms with Crippen LogP contribution in [0.15, 0.2) is 23.2 Å². The molecule has 3 N–H and O–H groups in total. The number of nitrogens with one attached hydrogen (secondary N) is 1. The summed E-state index contributed by atoms with van der Waals surface area (Å²) in [5.74, 6) is 1.31. The van der Waals surface area contributed by atoms with Crippen molar-refractivity contribution in [3.05, 3.63) is 18.2 Å². The number of hydrogen-bond donors (Lipinski definition) is 3. The molecular weight excluding hydrogens is 224 g/mol. The highest BCUT2D eigenvalue weighted by atomic mass is 32.2. The maximum Gasteiger partial charge on any atom is 0.127 e. The van der Waals surface area contributed by atoms with E-state index in [2.05, 4.69) is 17.2 Å². The molecule has 1 aromatic rings. The van der Waals surface area contributed by atoms with Gasteiger partial charge in [0.2, 0.25) is 0 Å². The Hall–Kier alpha value is -0.780. The Labute approximate surface area is 100 Å². The molecule has 1 heterocycles. The second-order valence-corrected chi connectivity index (χ2v) is 4.48. The van der Waals surface area contributed by atoms with Crippen LogP contribution in [-0.4, -0.2) is 40.2 Å². The summed E-state index contributed by atoms with van der Waals surface area (Å²) in [6.45, 7) is 2.80. The first-order valence-corrected chi connectivity index (χ1v) is 6.37. The Balaban J connectivity index is 2.46. The van der Waals surface area contributed by atoms with Gasteiger partial charge in [0.25, 0.3) is 0 Å². The van der Waals surface area contributed by atoms with E-state index in [1.807, 2.05) is 18.2 Å². The summed E-state index contributed by atoms with van der Waals surface area (Å²) in [7, 11) is 0. The van der Waals surface area contributed by atoms with Crippen molar-refractivity contribution < 1.29 is 10.2 Å². The molecule has 1 rings (SSSR count). The molecule has 1 atom stereocenters. The lowest BCUT2D eigenvalue weighted by molar-refractivity contribution is 0.113. The average Bonchev–Trinajstić information content (AvgIpc) is 2.34.